The number of carbonyl (C=O) groups excluding carboxylic acids is 4. The van der Waals surface area contributed by atoms with Crippen molar-refractivity contribution in [2.45, 2.75) is 20.8 Å². The average Bonchev–Trinajstić information content (AvgIpc) is 2.95. The van der Waals surface area contributed by atoms with Crippen molar-refractivity contribution in [2.24, 2.45) is 0 Å². The Labute approximate surface area is 160 Å². The zero-order chi connectivity index (χ0) is 20.8. The molecule has 1 aromatic carbocycles. The third kappa shape index (κ3) is 4.76. The van der Waals surface area contributed by atoms with Gasteiger partial charge in [-0.25, -0.2) is 9.59 Å². The summed E-state index contributed by atoms with van der Waals surface area (Å²) in [5, 5.41) is 11.7. The molecule has 0 fully saturated rings. The molecule has 0 spiro atoms. The lowest BCUT2D eigenvalue weighted by atomic mass is 10.1. The molecule has 1 heterocycles. The number of carbonyl (C=O) groups is 4. The fraction of sp³-hybridized carbons (Fsp3) is 0.263. The van der Waals surface area contributed by atoms with Crippen LogP contribution in [0.3, 0.4) is 0 Å². The summed E-state index contributed by atoms with van der Waals surface area (Å²) in [5.41, 5.74) is -0.127. The number of hydrogen-bond acceptors (Lipinski definition) is 8. The Hall–Kier alpha value is -3.62. The van der Waals surface area contributed by atoms with Gasteiger partial charge in [0.1, 0.15) is 17.1 Å². The quantitative estimate of drug-likeness (QED) is 0.545. The van der Waals surface area contributed by atoms with E-state index < -0.39 is 30.2 Å². The first-order valence-corrected chi connectivity index (χ1v) is 8.32. The van der Waals surface area contributed by atoms with Crippen molar-refractivity contribution in [3.63, 3.8) is 0 Å². The molecule has 0 aliphatic carbocycles. The molecule has 0 radical (unpaired) electrons. The predicted molar refractivity (Wildman–Crippen MR) is 96.4 cm³/mol. The summed E-state index contributed by atoms with van der Waals surface area (Å²) < 4.78 is 15.1. The minimum absolute atomic E-state index is 0.00510. The number of ketones is 1. The molecule has 2 rings (SSSR count). The number of aryl methyl sites for hydroxylation is 1. The van der Waals surface area contributed by atoms with E-state index in [0.717, 1.165) is 0 Å². The highest BCUT2D eigenvalue weighted by Crippen LogP contribution is 2.28. The van der Waals surface area contributed by atoms with Crippen LogP contribution in [0.5, 0.6) is 5.75 Å². The summed E-state index contributed by atoms with van der Waals surface area (Å²) in [6, 6.07) is 5.43. The predicted octanol–water partition coefficient (Wildman–Crippen LogP) is 2.47. The number of furan rings is 1. The summed E-state index contributed by atoms with van der Waals surface area (Å²) in [7, 11) is 0. The number of nitrogens with one attached hydrogen (secondary N) is 1. The molecule has 0 bridgehead atoms. The number of amides is 1. The van der Waals surface area contributed by atoms with Gasteiger partial charge in [0.25, 0.3) is 5.91 Å². The summed E-state index contributed by atoms with van der Waals surface area (Å²) in [6.07, 6.45) is 0. The number of benzene rings is 1. The molecule has 0 saturated carbocycles. The van der Waals surface area contributed by atoms with Gasteiger partial charge in [0.15, 0.2) is 12.4 Å². The monoisotopic (exact) mass is 389 g/mol. The van der Waals surface area contributed by atoms with Crippen molar-refractivity contribution in [1.82, 2.24) is 0 Å². The second-order valence-corrected chi connectivity index (χ2v) is 5.69. The molecule has 9 heteroatoms. The highest BCUT2D eigenvalue weighted by molar-refractivity contribution is 6.10. The van der Waals surface area contributed by atoms with E-state index in [1.807, 2.05) is 0 Å². The van der Waals surface area contributed by atoms with Crippen LogP contribution in [0, 0.1) is 6.92 Å². The van der Waals surface area contributed by atoms with E-state index in [-0.39, 0.29) is 40.7 Å². The lowest BCUT2D eigenvalue weighted by Gasteiger charge is -2.07. The third-order valence-electron chi connectivity index (χ3n) is 3.59. The maximum Gasteiger partial charge on any atom is 0.344 e. The van der Waals surface area contributed by atoms with Crippen LogP contribution in [0.25, 0.3) is 0 Å². The standard InChI is InChI=1S/C19H19NO8/c1-4-26-19(25)16-15(10(2)21)11(3)28-17(16)20-14(23)9-27-18(24)12-6-5-7-13(22)8-12/h5-8,22H,4,9H2,1-3H3,(H,20,23). The van der Waals surface area contributed by atoms with Crippen LogP contribution in [0.2, 0.25) is 0 Å². The highest BCUT2D eigenvalue weighted by Gasteiger charge is 2.28. The first-order chi connectivity index (χ1) is 13.2. The zero-order valence-electron chi connectivity index (χ0n) is 15.5. The molecule has 28 heavy (non-hydrogen) atoms. The van der Waals surface area contributed by atoms with Gasteiger partial charge in [-0.1, -0.05) is 6.07 Å². The Morgan fingerprint density at radius 1 is 1.11 bits per heavy atom. The fourth-order valence-electron chi connectivity index (χ4n) is 2.46. The first kappa shape index (κ1) is 20.7. The van der Waals surface area contributed by atoms with Gasteiger partial charge in [0, 0.05) is 0 Å². The van der Waals surface area contributed by atoms with Crippen molar-refractivity contribution in [1.29, 1.82) is 0 Å². The summed E-state index contributed by atoms with van der Waals surface area (Å²) in [6.45, 7) is 3.71. The maximum atomic E-state index is 12.2. The second-order valence-electron chi connectivity index (χ2n) is 5.69. The van der Waals surface area contributed by atoms with Crippen LogP contribution in [0.15, 0.2) is 28.7 Å². The summed E-state index contributed by atoms with van der Waals surface area (Å²) in [4.78, 5) is 48.0. The van der Waals surface area contributed by atoms with E-state index in [1.165, 1.54) is 38.1 Å². The number of phenolic OH excluding ortho intramolecular Hbond substituents is 1. The smallest absolute Gasteiger partial charge is 0.344 e. The first-order valence-electron chi connectivity index (χ1n) is 8.32. The highest BCUT2D eigenvalue weighted by atomic mass is 16.5. The molecule has 148 valence electrons. The van der Waals surface area contributed by atoms with Crippen molar-refractivity contribution in [2.75, 3.05) is 18.5 Å². The molecule has 0 saturated heterocycles. The third-order valence-corrected chi connectivity index (χ3v) is 3.59. The lowest BCUT2D eigenvalue weighted by Crippen LogP contribution is -2.22. The van der Waals surface area contributed by atoms with Crippen molar-refractivity contribution >= 4 is 29.5 Å². The van der Waals surface area contributed by atoms with Crippen LogP contribution < -0.4 is 5.32 Å². The van der Waals surface area contributed by atoms with Crippen LogP contribution in [0.1, 0.15) is 50.7 Å². The lowest BCUT2D eigenvalue weighted by molar-refractivity contribution is -0.119. The molecule has 2 N–H and O–H groups in total. The number of rotatable bonds is 7. The van der Waals surface area contributed by atoms with Crippen LogP contribution in [-0.2, 0) is 14.3 Å². The number of Topliss-reactive ketones (excluding diaryl/α,β-unsaturated/α-hetero) is 1. The summed E-state index contributed by atoms with van der Waals surface area (Å²) >= 11 is 0. The van der Waals surface area contributed by atoms with Gasteiger partial charge in [0.05, 0.1) is 17.7 Å². The Balaban J connectivity index is 2.13. The minimum Gasteiger partial charge on any atom is -0.508 e. The van der Waals surface area contributed by atoms with Crippen molar-refractivity contribution in [3.05, 3.63) is 46.7 Å². The van der Waals surface area contributed by atoms with E-state index in [0.29, 0.717) is 0 Å². The topological polar surface area (TPSA) is 132 Å². The average molecular weight is 389 g/mol. The second kappa shape index (κ2) is 8.85. The van der Waals surface area contributed by atoms with Gasteiger partial charge in [-0.2, -0.15) is 0 Å². The molecule has 0 aliphatic rings. The SMILES string of the molecule is CCOC(=O)c1c(NC(=O)COC(=O)c2cccc(O)c2)oc(C)c1C(C)=O. The normalized spacial score (nSPS) is 10.2. The largest absolute Gasteiger partial charge is 0.508 e. The van der Waals surface area contributed by atoms with E-state index >= 15 is 0 Å². The maximum absolute atomic E-state index is 12.2. The molecule has 1 aromatic heterocycles. The molecule has 0 aliphatic heterocycles. The molecule has 9 nitrogen and oxygen atoms in total. The van der Waals surface area contributed by atoms with E-state index in [1.54, 1.807) is 6.92 Å². The number of aromatic hydroxyl groups is 1. The number of ether oxygens (including phenoxy) is 2. The minimum atomic E-state index is -0.823. The Bertz CT molecular complexity index is 928. The van der Waals surface area contributed by atoms with E-state index in [9.17, 15) is 24.3 Å². The Morgan fingerprint density at radius 3 is 2.43 bits per heavy atom. The van der Waals surface area contributed by atoms with Crippen molar-refractivity contribution < 1.29 is 38.2 Å². The van der Waals surface area contributed by atoms with Gasteiger partial charge in [-0.15, -0.1) is 0 Å². The molecular formula is C19H19NO8. The number of esters is 2. The number of anilines is 1. The van der Waals surface area contributed by atoms with Crippen molar-refractivity contribution in [3.8, 4) is 5.75 Å². The molecule has 2 aromatic rings. The molecule has 1 amide bonds. The van der Waals surface area contributed by atoms with Crippen LogP contribution >= 0.6 is 0 Å². The van der Waals surface area contributed by atoms with E-state index in [4.69, 9.17) is 13.9 Å². The fourth-order valence-corrected chi connectivity index (χ4v) is 2.46. The van der Waals surface area contributed by atoms with Gasteiger partial charge in [0.2, 0.25) is 5.88 Å². The molecular weight excluding hydrogens is 370 g/mol. The molecule has 0 atom stereocenters. The summed E-state index contributed by atoms with van der Waals surface area (Å²) in [5.74, 6) is -3.11. The zero-order valence-corrected chi connectivity index (χ0v) is 15.5. The van der Waals surface area contributed by atoms with Gasteiger partial charge in [-0.05, 0) is 39.0 Å². The van der Waals surface area contributed by atoms with E-state index in [2.05, 4.69) is 5.32 Å². The Kier molecular flexibility index (Phi) is 6.54. The van der Waals surface area contributed by atoms with Gasteiger partial charge >= 0.3 is 11.9 Å². The Morgan fingerprint density at radius 2 is 1.82 bits per heavy atom. The van der Waals surface area contributed by atoms with Crippen LogP contribution in [-0.4, -0.2) is 41.9 Å². The van der Waals surface area contributed by atoms with Crippen LogP contribution in [0.4, 0.5) is 5.88 Å². The van der Waals surface area contributed by atoms with Gasteiger partial charge in [-0.3, -0.25) is 14.9 Å². The molecule has 0 unspecified atom stereocenters. The van der Waals surface area contributed by atoms with Gasteiger partial charge < -0.3 is 19.0 Å². The number of hydrogen-bond donors (Lipinski definition) is 2. The number of phenols is 1.